The first-order chi connectivity index (χ1) is 14.7. The lowest BCUT2D eigenvalue weighted by Gasteiger charge is -2.46. The molecule has 0 aromatic carbocycles. The monoisotopic (exact) mass is 464 g/mol. The number of amides is 1. The number of amidine groups is 1. The van der Waals surface area contributed by atoms with Gasteiger partial charge in [-0.1, -0.05) is 24.8 Å². The number of β-lactam (4-membered cyclic amide) rings is 1. The molecule has 11 heteroatoms. The summed E-state index contributed by atoms with van der Waals surface area (Å²) in [4.78, 5) is 32.7. The highest BCUT2D eigenvalue weighted by molar-refractivity contribution is 8.04. The highest BCUT2D eigenvalue weighted by Gasteiger charge is 2.60. The number of hydrogen-bond acceptors (Lipinski definition) is 8. The summed E-state index contributed by atoms with van der Waals surface area (Å²) in [5, 5.41) is 39.3. The average molecular weight is 465 g/mol. The van der Waals surface area contributed by atoms with Crippen LogP contribution in [0.15, 0.2) is 26.4 Å². The minimum absolute atomic E-state index is 0.0277. The molecule has 0 spiro atoms. The first-order valence-corrected chi connectivity index (χ1v) is 11.6. The zero-order valence-corrected chi connectivity index (χ0v) is 18.9. The van der Waals surface area contributed by atoms with E-state index in [2.05, 4.69) is 4.98 Å². The summed E-state index contributed by atoms with van der Waals surface area (Å²) in [6.45, 7) is 5.50. The van der Waals surface area contributed by atoms with Crippen LogP contribution in [0.5, 0.6) is 0 Å². The summed E-state index contributed by atoms with van der Waals surface area (Å²) in [7, 11) is 0. The number of aliphatic hydroxyl groups excluding tert-OH is 2. The third-order valence-corrected chi connectivity index (χ3v) is 8.36. The molecule has 4 N–H and O–H groups in total. The maximum absolute atomic E-state index is 12.5. The van der Waals surface area contributed by atoms with E-state index in [1.54, 1.807) is 18.7 Å². The number of fused-ring (bicyclic) bond motifs is 1. The molecule has 4 heterocycles. The molecule has 1 aromatic rings. The van der Waals surface area contributed by atoms with Gasteiger partial charge in [0.2, 0.25) is 5.91 Å². The van der Waals surface area contributed by atoms with Gasteiger partial charge >= 0.3 is 5.97 Å². The molecule has 3 aliphatic rings. The Kier molecular flexibility index (Phi) is 5.71. The predicted molar refractivity (Wildman–Crippen MR) is 117 cm³/mol. The minimum atomic E-state index is -1.16. The summed E-state index contributed by atoms with van der Waals surface area (Å²) in [5.74, 6) is -1.98. The molecule has 1 aromatic heterocycles. The van der Waals surface area contributed by atoms with E-state index >= 15 is 0 Å². The highest BCUT2D eigenvalue weighted by Crippen LogP contribution is 2.52. The van der Waals surface area contributed by atoms with Crippen molar-refractivity contribution in [2.75, 3.05) is 13.2 Å². The number of carbonyl (C=O) groups excluding carboxylic acids is 1. The zero-order chi connectivity index (χ0) is 22.6. The third kappa shape index (κ3) is 3.39. The van der Waals surface area contributed by atoms with Gasteiger partial charge in [-0.15, -0.1) is 11.3 Å². The first-order valence-electron chi connectivity index (χ1n) is 9.92. The Balaban J connectivity index is 1.59. The van der Waals surface area contributed by atoms with Gasteiger partial charge in [0.05, 0.1) is 42.2 Å². The fourth-order valence-electron chi connectivity index (χ4n) is 4.66. The number of thioether (sulfide) groups is 1. The van der Waals surface area contributed by atoms with Gasteiger partial charge in [-0.3, -0.25) is 10.2 Å². The molecule has 166 valence electrons. The van der Waals surface area contributed by atoms with Crippen LogP contribution >= 0.6 is 23.1 Å². The van der Waals surface area contributed by atoms with Crippen molar-refractivity contribution in [3.63, 3.8) is 0 Å². The standard InChI is InChI=1S/C20H24N4O5S2/c1-8-15-14(9(2)26)18(27)24(15)16(19(28)29)17(8)31-20-22-12(7-30-20)11-4-5-23(10(3)21)13(11)6-25/h4,7-9,13-15,21,25-26H,5-6H2,1-3H3,(H,28,29). The van der Waals surface area contributed by atoms with Crippen molar-refractivity contribution in [3.05, 3.63) is 27.8 Å². The van der Waals surface area contributed by atoms with Crippen molar-refractivity contribution >= 4 is 46.4 Å². The van der Waals surface area contributed by atoms with Gasteiger partial charge < -0.3 is 25.1 Å². The number of aromatic nitrogens is 1. The van der Waals surface area contributed by atoms with Crippen LogP contribution in [0.3, 0.4) is 0 Å². The van der Waals surface area contributed by atoms with Gasteiger partial charge in [0, 0.05) is 28.3 Å². The van der Waals surface area contributed by atoms with Crippen molar-refractivity contribution in [2.45, 2.75) is 43.3 Å². The quantitative estimate of drug-likeness (QED) is 0.282. The Labute approximate surface area is 187 Å². The second-order valence-electron chi connectivity index (χ2n) is 7.97. The van der Waals surface area contributed by atoms with E-state index in [0.717, 1.165) is 5.57 Å². The minimum Gasteiger partial charge on any atom is -0.477 e. The molecule has 31 heavy (non-hydrogen) atoms. The van der Waals surface area contributed by atoms with Gasteiger partial charge in [0.15, 0.2) is 4.34 Å². The maximum Gasteiger partial charge on any atom is 0.353 e. The topological polar surface area (TPSA) is 138 Å². The van der Waals surface area contributed by atoms with Gasteiger partial charge in [0.25, 0.3) is 0 Å². The Morgan fingerprint density at radius 1 is 1.48 bits per heavy atom. The van der Waals surface area contributed by atoms with E-state index in [1.807, 2.05) is 18.4 Å². The molecule has 0 radical (unpaired) electrons. The number of carboxylic acids is 1. The van der Waals surface area contributed by atoms with Crippen LogP contribution in [0.2, 0.25) is 0 Å². The van der Waals surface area contributed by atoms with Gasteiger partial charge in [-0.2, -0.15) is 0 Å². The van der Waals surface area contributed by atoms with E-state index in [4.69, 9.17) is 5.41 Å². The van der Waals surface area contributed by atoms with Crippen molar-refractivity contribution in [1.82, 2.24) is 14.8 Å². The van der Waals surface area contributed by atoms with Gasteiger partial charge in [0.1, 0.15) is 5.70 Å². The highest BCUT2D eigenvalue weighted by atomic mass is 32.2. The summed E-state index contributed by atoms with van der Waals surface area (Å²) >= 11 is 2.61. The Morgan fingerprint density at radius 3 is 2.77 bits per heavy atom. The van der Waals surface area contributed by atoms with Crippen LogP contribution in [-0.2, 0) is 9.59 Å². The van der Waals surface area contributed by atoms with Crippen LogP contribution in [0, 0.1) is 17.2 Å². The van der Waals surface area contributed by atoms with Crippen LogP contribution in [0.25, 0.3) is 5.57 Å². The number of rotatable bonds is 6. The molecule has 5 unspecified atom stereocenters. The van der Waals surface area contributed by atoms with E-state index in [0.29, 0.717) is 27.3 Å². The van der Waals surface area contributed by atoms with Crippen molar-refractivity contribution < 1.29 is 24.9 Å². The molecule has 0 saturated carbocycles. The second kappa shape index (κ2) is 8.05. The average Bonchev–Trinajstić information content (AvgIpc) is 3.37. The van der Waals surface area contributed by atoms with Crippen LogP contribution in [0.1, 0.15) is 26.5 Å². The largest absolute Gasteiger partial charge is 0.477 e. The number of nitrogens with zero attached hydrogens (tertiary/aromatic N) is 3. The summed E-state index contributed by atoms with van der Waals surface area (Å²) in [6, 6.07) is -0.691. The lowest BCUT2D eigenvalue weighted by Crippen LogP contribution is -2.63. The lowest BCUT2D eigenvalue weighted by molar-refractivity contribution is -0.163. The number of aliphatic carboxylic acids is 1. The van der Waals surface area contributed by atoms with Crippen LogP contribution in [-0.4, -0.2) is 79.2 Å². The lowest BCUT2D eigenvalue weighted by atomic mass is 9.79. The summed E-state index contributed by atoms with van der Waals surface area (Å²) in [6.07, 6.45) is 1.10. The number of aliphatic hydroxyl groups is 2. The SMILES string of the molecule is CC(=N)N1CC=C(c2csc(SC3=C(C(=O)O)N4C(=O)C(C(C)O)C4C3C)n2)C1CO. The fourth-order valence-corrected chi connectivity index (χ4v) is 6.76. The molecular formula is C20H24N4O5S2. The summed E-state index contributed by atoms with van der Waals surface area (Å²) in [5.41, 5.74) is 1.51. The Morgan fingerprint density at radius 2 is 2.19 bits per heavy atom. The normalized spacial score (nSPS) is 28.5. The Bertz CT molecular complexity index is 1020. The van der Waals surface area contributed by atoms with E-state index in [1.165, 1.54) is 28.0 Å². The number of nitrogens with one attached hydrogen (secondary N) is 1. The van der Waals surface area contributed by atoms with Gasteiger partial charge in [-0.05, 0) is 13.8 Å². The molecule has 5 atom stereocenters. The molecule has 3 aliphatic heterocycles. The molecule has 1 saturated heterocycles. The zero-order valence-electron chi connectivity index (χ0n) is 17.3. The molecule has 1 fully saturated rings. The number of thiazole rings is 1. The molecule has 0 bridgehead atoms. The molecule has 0 aliphatic carbocycles. The van der Waals surface area contributed by atoms with Crippen LogP contribution < -0.4 is 0 Å². The number of carbonyl (C=O) groups is 2. The van der Waals surface area contributed by atoms with Gasteiger partial charge in [-0.25, -0.2) is 9.78 Å². The molecular weight excluding hydrogens is 440 g/mol. The van der Waals surface area contributed by atoms with Crippen LogP contribution in [0.4, 0.5) is 0 Å². The second-order valence-corrected chi connectivity index (χ2v) is 10.1. The Hall–Kier alpha value is -2.21. The van der Waals surface area contributed by atoms with E-state index in [-0.39, 0.29) is 36.2 Å². The summed E-state index contributed by atoms with van der Waals surface area (Å²) < 4.78 is 0.641. The van der Waals surface area contributed by atoms with Crippen molar-refractivity contribution in [2.24, 2.45) is 11.8 Å². The molecule has 9 nitrogen and oxygen atoms in total. The van der Waals surface area contributed by atoms with E-state index in [9.17, 15) is 24.9 Å². The smallest absolute Gasteiger partial charge is 0.353 e. The number of hydrogen-bond donors (Lipinski definition) is 4. The van der Waals surface area contributed by atoms with E-state index < -0.39 is 18.0 Å². The third-order valence-electron chi connectivity index (χ3n) is 6.13. The van der Waals surface area contributed by atoms with Crippen molar-refractivity contribution in [1.29, 1.82) is 5.41 Å². The first kappa shape index (κ1) is 22.0. The molecule has 1 amide bonds. The maximum atomic E-state index is 12.5. The number of carboxylic acid groups (broad SMARTS) is 1. The predicted octanol–water partition coefficient (Wildman–Crippen LogP) is 1.45. The molecule has 4 rings (SSSR count). The van der Waals surface area contributed by atoms with Crippen molar-refractivity contribution in [3.8, 4) is 0 Å². The fraction of sp³-hybridized carbons (Fsp3) is 0.500.